The van der Waals surface area contributed by atoms with E-state index in [1.54, 1.807) is 16.7 Å². The molecule has 2 saturated heterocycles. The van der Waals surface area contributed by atoms with Crippen LogP contribution in [0.3, 0.4) is 0 Å². The number of fused-ring (bicyclic) bond motifs is 2. The lowest BCUT2D eigenvalue weighted by atomic mass is 9.74. The largest absolute Gasteiger partial charge is 0.394 e. The van der Waals surface area contributed by atoms with Crippen molar-refractivity contribution in [2.75, 3.05) is 26.2 Å². The Balaban J connectivity index is 1.66. The lowest BCUT2D eigenvalue weighted by Gasteiger charge is -2.45. The number of nitrogens with zero attached hydrogens (tertiary/aromatic N) is 3. The highest BCUT2D eigenvalue weighted by molar-refractivity contribution is 8.02. The molecule has 43 heavy (non-hydrogen) atoms. The third-order valence-corrected chi connectivity index (χ3v) is 11.5. The molecule has 6 atom stereocenters. The highest BCUT2D eigenvalue weighted by atomic mass is 32.2. The Kier molecular flexibility index (Phi) is 8.44. The van der Waals surface area contributed by atoms with Crippen LogP contribution in [-0.2, 0) is 20.8 Å². The number of amides is 3. The molecule has 0 aromatic heterocycles. The molecule has 0 aliphatic carbocycles. The molecular formula is C35H49N3O4S. The van der Waals surface area contributed by atoms with Crippen LogP contribution in [0.4, 0.5) is 0 Å². The number of aliphatic hydroxyl groups excluding tert-OH is 1. The summed E-state index contributed by atoms with van der Waals surface area (Å²) >= 11 is 1.61. The van der Waals surface area contributed by atoms with Gasteiger partial charge in [-0.2, -0.15) is 0 Å². The molecule has 234 valence electrons. The number of carbonyl (C=O) groups excluding carboxylic acids is 3. The van der Waals surface area contributed by atoms with Gasteiger partial charge in [0.15, 0.2) is 0 Å². The number of aliphatic hydroxyl groups is 1. The number of rotatable bonds is 8. The van der Waals surface area contributed by atoms with Crippen LogP contribution in [-0.4, -0.2) is 90.9 Å². The molecule has 1 aromatic rings. The van der Waals surface area contributed by atoms with Gasteiger partial charge in [-0.05, 0) is 51.0 Å². The summed E-state index contributed by atoms with van der Waals surface area (Å²) in [6.07, 6.45) is 10.3. The first kappa shape index (κ1) is 31.8. The van der Waals surface area contributed by atoms with Crippen molar-refractivity contribution in [1.82, 2.24) is 14.7 Å². The topological polar surface area (TPSA) is 81.2 Å². The molecule has 4 heterocycles. The van der Waals surface area contributed by atoms with Gasteiger partial charge >= 0.3 is 0 Å². The van der Waals surface area contributed by atoms with E-state index in [-0.39, 0.29) is 29.7 Å². The smallest absolute Gasteiger partial charge is 0.247 e. The summed E-state index contributed by atoms with van der Waals surface area (Å²) in [5, 5.41) is 10.8. The molecule has 3 amide bonds. The van der Waals surface area contributed by atoms with Gasteiger partial charge in [-0.3, -0.25) is 14.4 Å². The lowest BCUT2D eigenvalue weighted by Crippen LogP contribution is -2.61. The van der Waals surface area contributed by atoms with Crippen molar-refractivity contribution in [3.63, 3.8) is 0 Å². The standard InChI is InChI=1S/C35H49N3O4S/c1-8-18-36-19-12-16-34(7)26(29(36)40)27-30(41)38(25(22-39)21-24-14-10-9-11-15-24)28-31(42)37(20-13-17-35(27,28)43-34)33(5,6)23-32(2,3)4/h9-17,25-28,39H,8,18-23H2,1-7H3/t25-,26+,27+,28?,34-,35+/m1/s1. The quantitative estimate of drug-likeness (QED) is 0.434. The van der Waals surface area contributed by atoms with Crippen LogP contribution in [0, 0.1) is 17.3 Å². The normalized spacial score (nSPS) is 31.6. The molecule has 4 aliphatic heterocycles. The number of hydrogen-bond donors (Lipinski definition) is 1. The van der Waals surface area contributed by atoms with Crippen molar-refractivity contribution in [2.45, 2.75) is 94.8 Å². The van der Waals surface area contributed by atoms with E-state index < -0.39 is 39.0 Å². The van der Waals surface area contributed by atoms with Crippen molar-refractivity contribution in [3.05, 3.63) is 60.2 Å². The van der Waals surface area contributed by atoms with Crippen molar-refractivity contribution in [2.24, 2.45) is 17.3 Å². The van der Waals surface area contributed by atoms with Crippen LogP contribution in [0.5, 0.6) is 0 Å². The van der Waals surface area contributed by atoms with E-state index >= 15 is 4.79 Å². The first-order valence-corrected chi connectivity index (χ1v) is 16.6. The second kappa shape index (κ2) is 11.4. The first-order chi connectivity index (χ1) is 20.2. The van der Waals surface area contributed by atoms with Crippen molar-refractivity contribution < 1.29 is 19.5 Å². The van der Waals surface area contributed by atoms with E-state index in [9.17, 15) is 14.7 Å². The Labute approximate surface area is 261 Å². The highest BCUT2D eigenvalue weighted by Gasteiger charge is 2.74. The molecule has 0 bridgehead atoms. The van der Waals surface area contributed by atoms with Gasteiger partial charge in [0, 0.05) is 29.9 Å². The number of benzene rings is 1. The van der Waals surface area contributed by atoms with Gasteiger partial charge in [0.25, 0.3) is 0 Å². The molecule has 2 fully saturated rings. The molecular weight excluding hydrogens is 558 g/mol. The zero-order valence-electron chi connectivity index (χ0n) is 26.9. The van der Waals surface area contributed by atoms with Crippen LogP contribution < -0.4 is 0 Å². The molecule has 1 aromatic carbocycles. The maximum absolute atomic E-state index is 15.0. The van der Waals surface area contributed by atoms with E-state index in [0.717, 1.165) is 18.4 Å². The Hall–Kier alpha value is -2.58. The number of hydrogen-bond acceptors (Lipinski definition) is 5. The zero-order valence-corrected chi connectivity index (χ0v) is 27.7. The van der Waals surface area contributed by atoms with Crippen LogP contribution in [0.15, 0.2) is 54.6 Å². The summed E-state index contributed by atoms with van der Waals surface area (Å²) in [7, 11) is 0. The maximum atomic E-state index is 15.0. The van der Waals surface area contributed by atoms with Gasteiger partial charge in [0.05, 0.1) is 29.2 Å². The predicted octanol–water partition coefficient (Wildman–Crippen LogP) is 4.70. The fraction of sp³-hybridized carbons (Fsp3) is 0.629. The number of carbonyl (C=O) groups is 3. The van der Waals surface area contributed by atoms with Crippen molar-refractivity contribution in [1.29, 1.82) is 0 Å². The van der Waals surface area contributed by atoms with Gasteiger partial charge in [-0.15, -0.1) is 11.8 Å². The SMILES string of the molecule is CCCN1CC=C[C@@]2(C)S[C@]34C=CCN(C(C)(C)CC(C)(C)C)C(=O)C3N([C@@H](CO)Cc3ccccc3)C(=O)[C@@H]4[C@H]2C1=O. The summed E-state index contributed by atoms with van der Waals surface area (Å²) in [4.78, 5) is 49.7. The molecule has 8 heteroatoms. The molecule has 1 unspecified atom stereocenters. The monoisotopic (exact) mass is 607 g/mol. The summed E-state index contributed by atoms with van der Waals surface area (Å²) in [5.41, 5.74) is 0.494. The van der Waals surface area contributed by atoms with Crippen molar-refractivity contribution >= 4 is 29.5 Å². The number of likely N-dealkylation sites (tertiary alicyclic amines) is 1. The summed E-state index contributed by atoms with van der Waals surface area (Å²) in [6.45, 7) is 16.2. The van der Waals surface area contributed by atoms with Gasteiger partial charge < -0.3 is 19.8 Å². The van der Waals surface area contributed by atoms with Crippen LogP contribution in [0.25, 0.3) is 0 Å². The van der Waals surface area contributed by atoms with E-state index in [4.69, 9.17) is 0 Å². The Bertz CT molecular complexity index is 1300. The van der Waals surface area contributed by atoms with Crippen LogP contribution in [0.1, 0.15) is 66.9 Å². The summed E-state index contributed by atoms with van der Waals surface area (Å²) < 4.78 is -1.57. The maximum Gasteiger partial charge on any atom is 0.247 e. The van der Waals surface area contributed by atoms with E-state index in [1.807, 2.05) is 40.1 Å². The summed E-state index contributed by atoms with van der Waals surface area (Å²) in [5.74, 6) is -1.63. The minimum absolute atomic E-state index is 0.0173. The minimum Gasteiger partial charge on any atom is -0.394 e. The second-order valence-electron chi connectivity index (χ2n) is 14.9. The average Bonchev–Trinajstić information content (AvgIpc) is 3.19. The molecule has 4 aliphatic rings. The highest BCUT2D eigenvalue weighted by Crippen LogP contribution is 2.66. The van der Waals surface area contributed by atoms with Crippen LogP contribution in [0.2, 0.25) is 0 Å². The molecule has 7 nitrogen and oxygen atoms in total. The van der Waals surface area contributed by atoms with Gasteiger partial charge in [-0.25, -0.2) is 0 Å². The fourth-order valence-corrected chi connectivity index (χ4v) is 10.6. The van der Waals surface area contributed by atoms with Crippen LogP contribution >= 0.6 is 11.8 Å². The zero-order chi connectivity index (χ0) is 31.4. The Morgan fingerprint density at radius 1 is 0.953 bits per heavy atom. The Morgan fingerprint density at radius 3 is 2.26 bits per heavy atom. The average molecular weight is 608 g/mol. The molecule has 1 spiro atoms. The third-order valence-electron chi connectivity index (χ3n) is 9.68. The molecule has 1 N–H and O–H groups in total. The molecule has 0 radical (unpaired) electrons. The minimum atomic E-state index is -0.931. The second-order valence-corrected chi connectivity index (χ2v) is 16.6. The number of thioether (sulfide) groups is 1. The Morgan fingerprint density at radius 2 is 1.63 bits per heavy atom. The van der Waals surface area contributed by atoms with Gasteiger partial charge in [0.1, 0.15) is 6.04 Å². The molecule has 0 saturated carbocycles. The van der Waals surface area contributed by atoms with Gasteiger partial charge in [-0.1, -0.05) is 82.3 Å². The van der Waals surface area contributed by atoms with Crippen molar-refractivity contribution in [3.8, 4) is 0 Å². The fourth-order valence-electron chi connectivity index (χ4n) is 8.45. The third kappa shape index (κ3) is 5.47. The van der Waals surface area contributed by atoms with E-state index in [1.165, 1.54) is 0 Å². The molecule has 5 rings (SSSR count). The van der Waals surface area contributed by atoms with E-state index in [0.29, 0.717) is 26.1 Å². The first-order valence-electron chi connectivity index (χ1n) is 15.8. The van der Waals surface area contributed by atoms with E-state index in [2.05, 4.69) is 72.8 Å². The summed E-state index contributed by atoms with van der Waals surface area (Å²) in [6, 6.07) is 8.38. The lowest BCUT2D eigenvalue weighted by molar-refractivity contribution is -0.149. The van der Waals surface area contributed by atoms with Gasteiger partial charge in [0.2, 0.25) is 17.7 Å². The predicted molar refractivity (Wildman–Crippen MR) is 172 cm³/mol.